The maximum atomic E-state index is 12.4. The summed E-state index contributed by atoms with van der Waals surface area (Å²) in [4.78, 5) is 29.2. The zero-order valence-corrected chi connectivity index (χ0v) is 17.0. The smallest absolute Gasteiger partial charge is 0.407 e. The van der Waals surface area contributed by atoms with Gasteiger partial charge in [-0.15, -0.1) is 12.6 Å². The van der Waals surface area contributed by atoms with Gasteiger partial charge >= 0.3 is 6.09 Å². The number of hydrogen-bond acceptors (Lipinski definition) is 5. The van der Waals surface area contributed by atoms with Crippen LogP contribution in [0.25, 0.3) is 0 Å². The van der Waals surface area contributed by atoms with Crippen molar-refractivity contribution in [2.45, 2.75) is 32.9 Å². The predicted octanol–water partition coefficient (Wildman–Crippen LogP) is 4.04. The molecule has 1 aromatic heterocycles. The summed E-state index contributed by atoms with van der Waals surface area (Å²) in [6, 6.07) is 8.91. The van der Waals surface area contributed by atoms with E-state index >= 15 is 0 Å². The lowest BCUT2D eigenvalue weighted by Crippen LogP contribution is -2.24. The fourth-order valence-corrected chi connectivity index (χ4v) is 3.01. The van der Waals surface area contributed by atoms with Crippen molar-refractivity contribution >= 4 is 24.6 Å². The third-order valence-corrected chi connectivity index (χ3v) is 5.02. The van der Waals surface area contributed by atoms with Crippen LogP contribution in [0.15, 0.2) is 65.5 Å². The van der Waals surface area contributed by atoms with Gasteiger partial charge in [0.05, 0.1) is 0 Å². The second-order valence-electron chi connectivity index (χ2n) is 6.68. The average molecular weight is 410 g/mol. The van der Waals surface area contributed by atoms with Crippen molar-refractivity contribution in [3.05, 3.63) is 87.7 Å². The van der Waals surface area contributed by atoms with E-state index in [2.05, 4.69) is 28.2 Å². The Morgan fingerprint density at radius 1 is 1.21 bits per heavy atom. The minimum atomic E-state index is -0.507. The molecular weight excluding hydrogens is 386 g/mol. The quantitative estimate of drug-likeness (QED) is 0.629. The van der Waals surface area contributed by atoms with Crippen molar-refractivity contribution in [2.75, 3.05) is 0 Å². The molecule has 0 saturated carbocycles. The van der Waals surface area contributed by atoms with E-state index in [1.807, 2.05) is 25.1 Å². The number of ether oxygens (including phenoxy) is 1. The van der Waals surface area contributed by atoms with Crippen LogP contribution in [-0.4, -0.2) is 17.0 Å². The van der Waals surface area contributed by atoms with Gasteiger partial charge in [0.1, 0.15) is 6.61 Å². The molecule has 2 aromatic rings. The lowest BCUT2D eigenvalue weighted by molar-refractivity contribution is 0.0966. The van der Waals surface area contributed by atoms with Crippen LogP contribution in [0, 0.1) is 6.92 Å². The summed E-state index contributed by atoms with van der Waals surface area (Å²) >= 11 is 4.41. The number of nitrogens with one attached hydrogen (secondary N) is 2. The lowest BCUT2D eigenvalue weighted by Gasteiger charge is -2.13. The van der Waals surface area contributed by atoms with Crippen molar-refractivity contribution < 1.29 is 14.3 Å². The number of pyridine rings is 1. The Morgan fingerprint density at radius 3 is 2.72 bits per heavy atom. The summed E-state index contributed by atoms with van der Waals surface area (Å²) in [6.45, 7) is 2.41. The van der Waals surface area contributed by atoms with Crippen molar-refractivity contribution in [1.29, 1.82) is 0 Å². The largest absolute Gasteiger partial charge is 0.445 e. The Bertz CT molecular complexity index is 952. The number of carbonyl (C=O) groups excluding carboxylic acids is 2. The first kappa shape index (κ1) is 20.7. The minimum absolute atomic E-state index is 0.169. The van der Waals surface area contributed by atoms with E-state index in [0.717, 1.165) is 40.1 Å². The number of amides is 2. The highest BCUT2D eigenvalue weighted by atomic mass is 32.1. The minimum Gasteiger partial charge on any atom is -0.445 e. The molecule has 150 valence electrons. The normalized spacial score (nSPS) is 13.2. The molecular formula is C22H23N3O3S. The van der Waals surface area contributed by atoms with Crippen LogP contribution in [0.1, 0.15) is 39.9 Å². The zero-order chi connectivity index (χ0) is 20.6. The van der Waals surface area contributed by atoms with Gasteiger partial charge in [0.2, 0.25) is 0 Å². The molecule has 1 aliphatic carbocycles. The van der Waals surface area contributed by atoms with E-state index in [9.17, 15) is 9.59 Å². The van der Waals surface area contributed by atoms with Crippen molar-refractivity contribution in [2.24, 2.45) is 0 Å². The number of rotatable bonds is 6. The Morgan fingerprint density at radius 2 is 2.00 bits per heavy atom. The van der Waals surface area contributed by atoms with E-state index < -0.39 is 6.09 Å². The summed E-state index contributed by atoms with van der Waals surface area (Å²) < 4.78 is 5.21. The van der Waals surface area contributed by atoms with Gasteiger partial charge in [-0.3, -0.25) is 9.78 Å². The number of aryl methyl sites for hydroxylation is 1. The number of benzene rings is 1. The van der Waals surface area contributed by atoms with Gasteiger partial charge in [-0.1, -0.05) is 18.2 Å². The molecule has 6 nitrogen and oxygen atoms in total. The van der Waals surface area contributed by atoms with Gasteiger partial charge in [0.15, 0.2) is 0 Å². The molecule has 0 aliphatic heterocycles. The molecule has 1 aromatic carbocycles. The topological polar surface area (TPSA) is 80.3 Å². The zero-order valence-electron chi connectivity index (χ0n) is 16.1. The second kappa shape index (κ2) is 9.93. The first-order valence-corrected chi connectivity index (χ1v) is 9.76. The average Bonchev–Trinajstić information content (AvgIpc) is 2.73. The Balaban J connectivity index is 1.47. The Labute approximate surface area is 175 Å². The van der Waals surface area contributed by atoms with Gasteiger partial charge < -0.3 is 15.4 Å². The summed E-state index contributed by atoms with van der Waals surface area (Å²) in [5.41, 5.74) is 4.03. The van der Waals surface area contributed by atoms with Crippen molar-refractivity contribution in [3.8, 4) is 0 Å². The third-order valence-electron chi connectivity index (χ3n) is 4.55. The number of aromatic nitrogens is 1. The van der Waals surface area contributed by atoms with Crippen LogP contribution >= 0.6 is 12.6 Å². The van der Waals surface area contributed by atoms with Gasteiger partial charge in [0.25, 0.3) is 5.91 Å². The van der Waals surface area contributed by atoms with Crippen molar-refractivity contribution in [1.82, 2.24) is 15.6 Å². The van der Waals surface area contributed by atoms with E-state index in [1.54, 1.807) is 36.7 Å². The molecule has 0 atom stereocenters. The van der Waals surface area contributed by atoms with Crippen LogP contribution in [0.4, 0.5) is 4.79 Å². The maximum Gasteiger partial charge on any atom is 0.407 e. The molecule has 1 heterocycles. The van der Waals surface area contributed by atoms with E-state index in [-0.39, 0.29) is 12.5 Å². The molecule has 0 unspecified atom stereocenters. The number of nitrogens with zero attached hydrogens (tertiary/aromatic N) is 1. The highest BCUT2D eigenvalue weighted by Gasteiger charge is 2.11. The molecule has 2 N–H and O–H groups in total. The summed E-state index contributed by atoms with van der Waals surface area (Å²) in [7, 11) is 0. The monoisotopic (exact) mass is 409 g/mol. The molecule has 2 amide bonds. The van der Waals surface area contributed by atoms with Crippen LogP contribution in [-0.2, 0) is 17.9 Å². The third kappa shape index (κ3) is 5.96. The van der Waals surface area contributed by atoms with Gasteiger partial charge in [-0.05, 0) is 55.2 Å². The lowest BCUT2D eigenvalue weighted by atomic mass is 10.1. The number of carbonyl (C=O) groups is 2. The molecule has 7 heteroatoms. The van der Waals surface area contributed by atoms with Gasteiger partial charge in [0, 0.05) is 40.7 Å². The molecule has 0 bridgehead atoms. The number of alkyl carbamates (subject to hydrolysis) is 1. The number of hydrogen-bond donors (Lipinski definition) is 3. The predicted molar refractivity (Wildman–Crippen MR) is 114 cm³/mol. The fraction of sp³-hybridized carbons (Fsp3) is 0.227. The first-order valence-electron chi connectivity index (χ1n) is 9.32. The van der Waals surface area contributed by atoms with E-state index in [0.29, 0.717) is 12.1 Å². The maximum absolute atomic E-state index is 12.4. The highest BCUT2D eigenvalue weighted by molar-refractivity contribution is 7.84. The molecule has 0 radical (unpaired) electrons. The molecule has 0 fully saturated rings. The van der Waals surface area contributed by atoms with Gasteiger partial charge in [-0.2, -0.15) is 0 Å². The fourth-order valence-electron chi connectivity index (χ4n) is 2.75. The van der Waals surface area contributed by atoms with E-state index in [1.165, 1.54) is 0 Å². The second-order valence-corrected chi connectivity index (χ2v) is 7.22. The number of thiol groups is 1. The standard InChI is InChI=1S/C22H23N3O3S/c1-15-10-11-23-13-18(15)14-28-22(27)24-12-16-6-8-17(9-7-16)21(26)25-19-4-2-3-5-20(19)29/h2,4,6-11,13,29H,3,5,12,14H2,1H3,(H,24,27)(H,25,26). The Kier molecular flexibility index (Phi) is 7.08. The van der Waals surface area contributed by atoms with Gasteiger partial charge in [-0.25, -0.2) is 4.79 Å². The number of allylic oxidation sites excluding steroid dienone is 3. The van der Waals surface area contributed by atoms with Crippen molar-refractivity contribution in [3.63, 3.8) is 0 Å². The molecule has 3 rings (SSSR count). The van der Waals surface area contributed by atoms with E-state index in [4.69, 9.17) is 4.74 Å². The summed E-state index contributed by atoms with van der Waals surface area (Å²) in [5.74, 6) is -0.191. The summed E-state index contributed by atoms with van der Waals surface area (Å²) in [6.07, 6.45) is 8.53. The molecule has 1 aliphatic rings. The SMILES string of the molecule is Cc1ccncc1COC(=O)NCc1ccc(C(=O)NC2=C(S)CCC=C2)cc1. The highest BCUT2D eigenvalue weighted by Crippen LogP contribution is 2.20. The molecule has 29 heavy (non-hydrogen) atoms. The molecule has 0 saturated heterocycles. The summed E-state index contributed by atoms with van der Waals surface area (Å²) in [5, 5.41) is 5.57. The molecule has 0 spiro atoms. The van der Waals surface area contributed by atoms with Crippen LogP contribution < -0.4 is 10.6 Å². The van der Waals surface area contributed by atoms with Crippen LogP contribution in [0.3, 0.4) is 0 Å². The Hall–Kier alpha value is -3.06. The van der Waals surface area contributed by atoms with Crippen LogP contribution in [0.5, 0.6) is 0 Å². The first-order chi connectivity index (χ1) is 14.0. The van der Waals surface area contributed by atoms with Crippen LogP contribution in [0.2, 0.25) is 0 Å².